The van der Waals surface area contributed by atoms with Gasteiger partial charge in [0.15, 0.2) is 0 Å². The Balaban J connectivity index is 2.13. The number of likely N-dealkylation sites (tertiary alicyclic amines) is 1. The van der Waals surface area contributed by atoms with Crippen LogP contribution in [0.25, 0.3) is 0 Å². The molecule has 1 fully saturated rings. The first-order valence-electron chi connectivity index (χ1n) is 5.07. The van der Waals surface area contributed by atoms with E-state index < -0.39 is 0 Å². The number of carbonyl (C=O) groups excluding carboxylic acids is 1. The van der Waals surface area contributed by atoms with Crippen molar-refractivity contribution in [3.05, 3.63) is 21.5 Å². The summed E-state index contributed by atoms with van der Waals surface area (Å²) in [5, 5.41) is 0. The summed E-state index contributed by atoms with van der Waals surface area (Å²) in [6.45, 7) is 1.39. The van der Waals surface area contributed by atoms with E-state index in [9.17, 15) is 4.79 Å². The second-order valence-corrected chi connectivity index (χ2v) is 5.01. The molecule has 0 spiro atoms. The van der Waals surface area contributed by atoms with Gasteiger partial charge in [-0.3, -0.25) is 4.79 Å². The number of nitrogens with two attached hydrogens (primary N) is 1. The van der Waals surface area contributed by atoms with Gasteiger partial charge in [0.25, 0.3) is 5.91 Å². The van der Waals surface area contributed by atoms with Crippen LogP contribution in [0.15, 0.2) is 12.3 Å². The van der Waals surface area contributed by atoms with Crippen molar-refractivity contribution in [3.63, 3.8) is 0 Å². The Morgan fingerprint density at radius 2 is 2.53 bits per heavy atom. The van der Waals surface area contributed by atoms with E-state index in [4.69, 9.17) is 5.73 Å². The first-order valence-corrected chi connectivity index (χ1v) is 6.15. The minimum absolute atomic E-state index is 0.0749. The van der Waals surface area contributed by atoms with E-state index in [0.29, 0.717) is 12.2 Å². The molecule has 0 radical (unpaired) electrons. The molecule has 1 amide bonds. The van der Waals surface area contributed by atoms with Crippen molar-refractivity contribution in [2.75, 3.05) is 13.1 Å². The maximum Gasteiger partial charge on any atom is 0.270 e. The highest BCUT2D eigenvalue weighted by molar-refractivity contribution is 14.1. The van der Waals surface area contributed by atoms with Crippen molar-refractivity contribution in [2.24, 2.45) is 5.73 Å². The first kappa shape index (κ1) is 10.9. The number of carbonyl (C=O) groups is 1. The van der Waals surface area contributed by atoms with Crippen LogP contribution in [0.4, 0.5) is 0 Å². The SMILES string of the molecule is NCC1CCCN1C(=O)c1cc(I)c[nH]1. The summed E-state index contributed by atoms with van der Waals surface area (Å²) in [4.78, 5) is 16.9. The van der Waals surface area contributed by atoms with E-state index in [2.05, 4.69) is 27.6 Å². The topological polar surface area (TPSA) is 62.1 Å². The molecular formula is C10H14IN3O. The van der Waals surface area contributed by atoms with E-state index in [1.807, 2.05) is 17.2 Å². The fourth-order valence-electron chi connectivity index (χ4n) is 1.99. The molecule has 1 unspecified atom stereocenters. The van der Waals surface area contributed by atoms with Crippen LogP contribution in [-0.4, -0.2) is 34.9 Å². The fourth-order valence-corrected chi connectivity index (χ4v) is 2.46. The maximum atomic E-state index is 12.1. The lowest BCUT2D eigenvalue weighted by atomic mass is 10.2. The predicted octanol–water partition coefficient (Wildman–Crippen LogP) is 1.18. The highest BCUT2D eigenvalue weighted by Crippen LogP contribution is 2.19. The third-order valence-electron chi connectivity index (χ3n) is 2.79. The molecule has 1 saturated heterocycles. The van der Waals surface area contributed by atoms with Crippen molar-refractivity contribution in [3.8, 4) is 0 Å². The lowest BCUT2D eigenvalue weighted by Crippen LogP contribution is -2.40. The van der Waals surface area contributed by atoms with Gasteiger partial charge in [-0.25, -0.2) is 0 Å². The Morgan fingerprint density at radius 3 is 3.13 bits per heavy atom. The molecule has 5 heteroatoms. The number of H-pyrrole nitrogens is 1. The molecule has 15 heavy (non-hydrogen) atoms. The van der Waals surface area contributed by atoms with Crippen LogP contribution >= 0.6 is 22.6 Å². The van der Waals surface area contributed by atoms with Crippen LogP contribution in [0.3, 0.4) is 0 Å². The first-order chi connectivity index (χ1) is 7.22. The van der Waals surface area contributed by atoms with Crippen molar-refractivity contribution >= 4 is 28.5 Å². The van der Waals surface area contributed by atoms with Gasteiger partial charge in [-0.15, -0.1) is 0 Å². The number of rotatable bonds is 2. The molecule has 0 saturated carbocycles. The molecule has 2 rings (SSSR count). The van der Waals surface area contributed by atoms with Gasteiger partial charge in [0.2, 0.25) is 0 Å². The zero-order chi connectivity index (χ0) is 10.8. The smallest absolute Gasteiger partial charge is 0.270 e. The molecule has 82 valence electrons. The lowest BCUT2D eigenvalue weighted by molar-refractivity contribution is 0.0736. The van der Waals surface area contributed by atoms with Crippen LogP contribution < -0.4 is 5.73 Å². The molecule has 1 aliphatic heterocycles. The number of aromatic nitrogens is 1. The van der Waals surface area contributed by atoms with E-state index in [-0.39, 0.29) is 11.9 Å². The average Bonchev–Trinajstić information content (AvgIpc) is 2.84. The number of aromatic amines is 1. The minimum atomic E-state index is 0.0749. The summed E-state index contributed by atoms with van der Waals surface area (Å²) in [7, 11) is 0. The second kappa shape index (κ2) is 4.52. The molecule has 1 aromatic rings. The number of hydrogen-bond donors (Lipinski definition) is 2. The third-order valence-corrected chi connectivity index (χ3v) is 3.41. The standard InChI is InChI=1S/C10H14IN3O/c11-7-4-9(13-6-7)10(15)14-3-1-2-8(14)5-12/h4,6,8,13H,1-3,5,12H2. The van der Waals surface area contributed by atoms with Crippen molar-refractivity contribution in [1.29, 1.82) is 0 Å². The lowest BCUT2D eigenvalue weighted by Gasteiger charge is -2.22. The van der Waals surface area contributed by atoms with Crippen molar-refractivity contribution in [1.82, 2.24) is 9.88 Å². The number of halogens is 1. The Hall–Kier alpha value is -0.560. The maximum absolute atomic E-state index is 12.1. The van der Waals surface area contributed by atoms with E-state index in [1.54, 1.807) is 0 Å². The van der Waals surface area contributed by atoms with Crippen LogP contribution in [0, 0.1) is 3.57 Å². The average molecular weight is 319 g/mol. The summed E-state index contributed by atoms with van der Waals surface area (Å²) in [5.41, 5.74) is 6.31. The molecule has 1 atom stereocenters. The largest absolute Gasteiger partial charge is 0.356 e. The van der Waals surface area contributed by atoms with Gasteiger partial charge in [-0.05, 0) is 41.5 Å². The molecule has 1 aromatic heterocycles. The second-order valence-electron chi connectivity index (χ2n) is 3.76. The molecular weight excluding hydrogens is 305 g/mol. The van der Waals surface area contributed by atoms with Crippen LogP contribution in [0.2, 0.25) is 0 Å². The Kier molecular flexibility index (Phi) is 3.30. The van der Waals surface area contributed by atoms with Gasteiger partial charge < -0.3 is 15.6 Å². The van der Waals surface area contributed by atoms with Gasteiger partial charge in [0, 0.05) is 28.9 Å². The molecule has 0 aromatic carbocycles. The molecule has 1 aliphatic rings. The van der Waals surface area contributed by atoms with Crippen molar-refractivity contribution in [2.45, 2.75) is 18.9 Å². The van der Waals surface area contributed by atoms with Crippen molar-refractivity contribution < 1.29 is 4.79 Å². The van der Waals surface area contributed by atoms with Crippen LogP contribution in [-0.2, 0) is 0 Å². The minimum Gasteiger partial charge on any atom is -0.356 e. The fraction of sp³-hybridized carbons (Fsp3) is 0.500. The molecule has 0 bridgehead atoms. The van der Waals surface area contributed by atoms with Gasteiger partial charge in [-0.1, -0.05) is 0 Å². The summed E-state index contributed by atoms with van der Waals surface area (Å²) >= 11 is 2.19. The number of nitrogens with zero attached hydrogens (tertiary/aromatic N) is 1. The number of nitrogens with one attached hydrogen (secondary N) is 1. The van der Waals surface area contributed by atoms with Crippen LogP contribution in [0.5, 0.6) is 0 Å². The summed E-state index contributed by atoms with van der Waals surface area (Å²) < 4.78 is 1.06. The Morgan fingerprint density at radius 1 is 1.73 bits per heavy atom. The molecule has 4 nitrogen and oxygen atoms in total. The zero-order valence-corrected chi connectivity index (χ0v) is 10.5. The number of hydrogen-bond acceptors (Lipinski definition) is 2. The van der Waals surface area contributed by atoms with Gasteiger partial charge >= 0.3 is 0 Å². The molecule has 0 aliphatic carbocycles. The third kappa shape index (κ3) is 2.17. The van der Waals surface area contributed by atoms with Gasteiger partial charge in [0.05, 0.1) is 0 Å². The summed E-state index contributed by atoms with van der Waals surface area (Å²) in [5.74, 6) is 0.0749. The monoisotopic (exact) mass is 319 g/mol. The highest BCUT2D eigenvalue weighted by Gasteiger charge is 2.28. The number of amides is 1. The quantitative estimate of drug-likeness (QED) is 0.804. The molecule has 2 heterocycles. The highest BCUT2D eigenvalue weighted by atomic mass is 127. The van der Waals surface area contributed by atoms with Gasteiger partial charge in [0.1, 0.15) is 5.69 Å². The van der Waals surface area contributed by atoms with Crippen LogP contribution in [0.1, 0.15) is 23.3 Å². The van der Waals surface area contributed by atoms with E-state index >= 15 is 0 Å². The van der Waals surface area contributed by atoms with E-state index in [1.165, 1.54) is 0 Å². The summed E-state index contributed by atoms with van der Waals surface area (Å²) in [6, 6.07) is 2.09. The van der Waals surface area contributed by atoms with Gasteiger partial charge in [-0.2, -0.15) is 0 Å². The summed E-state index contributed by atoms with van der Waals surface area (Å²) in [6.07, 6.45) is 3.92. The zero-order valence-electron chi connectivity index (χ0n) is 8.37. The Labute approximate surface area is 102 Å². The van der Waals surface area contributed by atoms with E-state index in [0.717, 1.165) is 23.0 Å². The predicted molar refractivity (Wildman–Crippen MR) is 66.6 cm³/mol. The molecule has 3 N–H and O–H groups in total. The normalized spacial score (nSPS) is 20.9. The Bertz CT molecular complexity index is 363.